The molecule has 0 spiro atoms. The number of carbonyl (C=O) groups is 2. The maximum atomic E-state index is 11.5. The van der Waals surface area contributed by atoms with Crippen molar-refractivity contribution in [3.8, 4) is 0 Å². The lowest BCUT2D eigenvalue weighted by molar-refractivity contribution is -0.140. The molecule has 0 saturated heterocycles. The van der Waals surface area contributed by atoms with Crippen molar-refractivity contribution in [3.05, 3.63) is 24.3 Å². The molecule has 98 valence electrons. The highest BCUT2D eigenvalue weighted by Crippen LogP contribution is 2.11. The molecule has 0 aliphatic rings. The first kappa shape index (κ1) is 14.4. The number of hydrogen-bond donors (Lipinski definition) is 2. The van der Waals surface area contributed by atoms with Gasteiger partial charge in [0.05, 0.1) is 19.3 Å². The molecule has 3 N–H and O–H groups in total. The number of nitrogens with one attached hydrogen (secondary N) is 1. The van der Waals surface area contributed by atoms with E-state index in [1.165, 1.54) is 18.9 Å². The summed E-state index contributed by atoms with van der Waals surface area (Å²) in [6.45, 7) is 0. The molecule has 18 heavy (non-hydrogen) atoms. The van der Waals surface area contributed by atoms with Gasteiger partial charge in [-0.2, -0.15) is 11.8 Å². The van der Waals surface area contributed by atoms with Crippen LogP contribution in [0.4, 0.5) is 11.4 Å². The van der Waals surface area contributed by atoms with Crippen LogP contribution in [0, 0.1) is 0 Å². The van der Waals surface area contributed by atoms with Crippen molar-refractivity contribution in [2.45, 2.75) is 6.42 Å². The van der Waals surface area contributed by atoms with Crippen molar-refractivity contribution in [2.75, 3.05) is 29.7 Å². The lowest BCUT2D eigenvalue weighted by Crippen LogP contribution is -2.14. The van der Waals surface area contributed by atoms with Crippen molar-refractivity contribution < 1.29 is 14.3 Å². The highest BCUT2D eigenvalue weighted by molar-refractivity contribution is 7.99. The quantitative estimate of drug-likeness (QED) is 0.464. The number of rotatable bonds is 6. The summed E-state index contributed by atoms with van der Waals surface area (Å²) in [5.41, 5.74) is 6.90. The average molecular weight is 268 g/mol. The third-order valence-electron chi connectivity index (χ3n) is 2.11. The Bertz CT molecular complexity index is 406. The average Bonchev–Trinajstić information content (AvgIpc) is 2.37. The molecule has 0 saturated carbocycles. The summed E-state index contributed by atoms with van der Waals surface area (Å²) in [5.74, 6) is 0.513. The van der Waals surface area contributed by atoms with Crippen LogP contribution in [0.3, 0.4) is 0 Å². The van der Waals surface area contributed by atoms with E-state index in [-0.39, 0.29) is 11.9 Å². The summed E-state index contributed by atoms with van der Waals surface area (Å²) >= 11 is 1.39. The molecule has 1 aromatic rings. The number of esters is 1. The minimum absolute atomic E-state index is 0.102. The maximum absolute atomic E-state index is 11.5. The molecule has 1 amide bonds. The Morgan fingerprint density at radius 1 is 1.33 bits per heavy atom. The van der Waals surface area contributed by atoms with E-state index in [0.29, 0.717) is 29.3 Å². The van der Waals surface area contributed by atoms with Crippen LogP contribution in [0.5, 0.6) is 0 Å². The van der Waals surface area contributed by atoms with Crippen LogP contribution in [0.25, 0.3) is 0 Å². The second-order valence-electron chi connectivity index (χ2n) is 3.55. The van der Waals surface area contributed by atoms with E-state index in [0.717, 1.165) is 0 Å². The molecular formula is C12H16N2O3S. The molecule has 1 rings (SSSR count). The summed E-state index contributed by atoms with van der Waals surface area (Å²) in [5, 5.41) is 2.74. The highest BCUT2D eigenvalue weighted by Gasteiger charge is 2.04. The van der Waals surface area contributed by atoms with E-state index in [4.69, 9.17) is 5.73 Å². The van der Waals surface area contributed by atoms with E-state index in [1.807, 2.05) is 0 Å². The van der Waals surface area contributed by atoms with E-state index in [1.54, 1.807) is 24.3 Å². The molecule has 6 heteroatoms. The second kappa shape index (κ2) is 7.60. The first-order valence-electron chi connectivity index (χ1n) is 5.42. The molecule has 0 unspecified atom stereocenters. The zero-order valence-electron chi connectivity index (χ0n) is 10.1. The normalized spacial score (nSPS) is 9.83. The van der Waals surface area contributed by atoms with Crippen LogP contribution in [0.2, 0.25) is 0 Å². The van der Waals surface area contributed by atoms with Gasteiger partial charge in [-0.3, -0.25) is 9.59 Å². The number of thioether (sulfide) groups is 1. The third-order valence-corrected chi connectivity index (χ3v) is 3.06. The predicted octanol–water partition coefficient (Wildman–Crippen LogP) is 1.50. The van der Waals surface area contributed by atoms with Crippen LogP contribution in [-0.4, -0.2) is 30.5 Å². The van der Waals surface area contributed by atoms with Crippen molar-refractivity contribution in [2.24, 2.45) is 0 Å². The van der Waals surface area contributed by atoms with Gasteiger partial charge in [0.25, 0.3) is 0 Å². The van der Waals surface area contributed by atoms with Gasteiger partial charge in [-0.25, -0.2) is 0 Å². The number of ether oxygens (including phenoxy) is 1. The Labute approximate surface area is 110 Å². The molecule has 0 aliphatic heterocycles. The number of methoxy groups -OCH3 is 1. The number of hydrogen-bond acceptors (Lipinski definition) is 5. The first-order valence-corrected chi connectivity index (χ1v) is 6.57. The summed E-state index contributed by atoms with van der Waals surface area (Å²) in [4.78, 5) is 22.4. The predicted molar refractivity (Wildman–Crippen MR) is 73.4 cm³/mol. The van der Waals surface area contributed by atoms with E-state index in [9.17, 15) is 9.59 Å². The van der Waals surface area contributed by atoms with Gasteiger partial charge >= 0.3 is 5.97 Å². The molecule has 1 aromatic carbocycles. The molecule has 0 radical (unpaired) electrons. The minimum atomic E-state index is -0.263. The molecule has 0 aromatic heterocycles. The lowest BCUT2D eigenvalue weighted by Gasteiger charge is -2.05. The molecule has 0 aliphatic carbocycles. The van der Waals surface area contributed by atoms with Crippen LogP contribution in [0.15, 0.2) is 24.3 Å². The number of anilines is 2. The Balaban J connectivity index is 2.21. The summed E-state index contributed by atoms with van der Waals surface area (Å²) in [6.07, 6.45) is 0.316. The molecule has 5 nitrogen and oxygen atoms in total. The van der Waals surface area contributed by atoms with Gasteiger partial charge in [0.2, 0.25) is 5.91 Å². The van der Waals surface area contributed by atoms with E-state index >= 15 is 0 Å². The van der Waals surface area contributed by atoms with Crippen LogP contribution in [-0.2, 0) is 14.3 Å². The van der Waals surface area contributed by atoms with Crippen LogP contribution in [0.1, 0.15) is 6.42 Å². The Hall–Kier alpha value is -1.69. The van der Waals surface area contributed by atoms with E-state index < -0.39 is 0 Å². The molecular weight excluding hydrogens is 252 g/mol. The highest BCUT2D eigenvalue weighted by atomic mass is 32.2. The zero-order valence-corrected chi connectivity index (χ0v) is 11.0. The van der Waals surface area contributed by atoms with Crippen molar-refractivity contribution >= 4 is 35.0 Å². The smallest absolute Gasteiger partial charge is 0.306 e. The Kier molecular flexibility index (Phi) is 6.07. The lowest BCUT2D eigenvalue weighted by atomic mass is 10.3. The van der Waals surface area contributed by atoms with E-state index in [2.05, 4.69) is 10.1 Å². The maximum Gasteiger partial charge on any atom is 0.306 e. The molecule has 0 atom stereocenters. The number of amides is 1. The van der Waals surface area contributed by atoms with Crippen molar-refractivity contribution in [1.82, 2.24) is 0 Å². The van der Waals surface area contributed by atoms with Crippen LogP contribution < -0.4 is 11.1 Å². The first-order chi connectivity index (χ1) is 8.61. The van der Waals surface area contributed by atoms with Gasteiger partial charge in [0.1, 0.15) is 0 Å². The fourth-order valence-electron chi connectivity index (χ4n) is 1.19. The number of benzene rings is 1. The van der Waals surface area contributed by atoms with Gasteiger partial charge in [0, 0.05) is 17.1 Å². The number of carbonyl (C=O) groups excluding carboxylic acids is 2. The Morgan fingerprint density at radius 3 is 2.61 bits per heavy atom. The molecule has 0 bridgehead atoms. The fourth-order valence-corrected chi connectivity index (χ4v) is 1.90. The third kappa shape index (κ3) is 5.58. The summed E-state index contributed by atoms with van der Waals surface area (Å²) < 4.78 is 4.50. The Morgan fingerprint density at radius 2 is 2.00 bits per heavy atom. The SMILES string of the molecule is COC(=O)CCSCC(=O)Nc1ccc(N)cc1. The molecule has 0 fully saturated rings. The van der Waals surface area contributed by atoms with Crippen LogP contribution >= 0.6 is 11.8 Å². The van der Waals surface area contributed by atoms with Crippen molar-refractivity contribution in [3.63, 3.8) is 0 Å². The van der Waals surface area contributed by atoms with Gasteiger partial charge in [-0.15, -0.1) is 0 Å². The minimum Gasteiger partial charge on any atom is -0.469 e. The number of nitrogen functional groups attached to an aromatic ring is 1. The zero-order chi connectivity index (χ0) is 13.4. The van der Waals surface area contributed by atoms with Gasteiger partial charge in [-0.1, -0.05) is 0 Å². The fraction of sp³-hybridized carbons (Fsp3) is 0.333. The topological polar surface area (TPSA) is 81.4 Å². The van der Waals surface area contributed by atoms with Gasteiger partial charge < -0.3 is 15.8 Å². The number of nitrogens with two attached hydrogens (primary N) is 1. The van der Waals surface area contributed by atoms with Gasteiger partial charge in [-0.05, 0) is 24.3 Å². The van der Waals surface area contributed by atoms with Crippen molar-refractivity contribution in [1.29, 1.82) is 0 Å². The summed E-state index contributed by atoms with van der Waals surface area (Å²) in [7, 11) is 1.35. The van der Waals surface area contributed by atoms with Gasteiger partial charge in [0.15, 0.2) is 0 Å². The standard InChI is InChI=1S/C12H16N2O3S/c1-17-12(16)6-7-18-8-11(15)14-10-4-2-9(13)3-5-10/h2-5H,6-8,13H2,1H3,(H,14,15). The largest absolute Gasteiger partial charge is 0.469 e. The molecule has 0 heterocycles. The second-order valence-corrected chi connectivity index (χ2v) is 4.65. The summed E-state index contributed by atoms with van der Waals surface area (Å²) in [6, 6.07) is 6.93. The monoisotopic (exact) mass is 268 g/mol.